The lowest BCUT2D eigenvalue weighted by atomic mass is 9.87. The molecule has 1 aromatic carbocycles. The quantitative estimate of drug-likeness (QED) is 0.446. The predicted octanol–water partition coefficient (Wildman–Crippen LogP) is 3.70. The van der Waals surface area contributed by atoms with Crippen molar-refractivity contribution in [2.75, 3.05) is 27.0 Å². The molecule has 0 aliphatic carbocycles. The first kappa shape index (κ1) is 17.7. The van der Waals surface area contributed by atoms with Crippen LogP contribution in [-0.4, -0.2) is 44.4 Å². The van der Waals surface area contributed by atoms with Crippen LogP contribution >= 0.6 is 0 Å². The maximum absolute atomic E-state index is 13.1. The van der Waals surface area contributed by atoms with Crippen molar-refractivity contribution in [1.82, 2.24) is 0 Å². The van der Waals surface area contributed by atoms with Crippen molar-refractivity contribution >= 4 is 5.71 Å². The molecule has 134 valence electrons. The maximum Gasteiger partial charge on any atom is 0.147 e. The van der Waals surface area contributed by atoms with Gasteiger partial charge in [0.25, 0.3) is 0 Å². The average Bonchev–Trinajstić information content (AvgIpc) is 3.06. The highest BCUT2D eigenvalue weighted by Gasteiger charge is 2.41. The van der Waals surface area contributed by atoms with E-state index in [1.165, 1.54) is 7.11 Å². The number of rotatable bonds is 6. The topological polar surface area (TPSA) is 88.8 Å². The summed E-state index contributed by atoms with van der Waals surface area (Å²) in [6.07, 6.45) is 1.82. The molecule has 0 bridgehead atoms. The minimum Gasteiger partial charge on any atom is -0.388 e. The van der Waals surface area contributed by atoms with Gasteiger partial charge in [0.05, 0.1) is 31.1 Å². The number of halogens is 1. The Hall–Kier alpha value is -2.15. The molecule has 0 saturated carbocycles. The largest absolute Gasteiger partial charge is 0.388 e. The molecule has 1 saturated heterocycles. The molecule has 1 fully saturated rings. The van der Waals surface area contributed by atoms with Crippen molar-refractivity contribution in [3.8, 4) is 0 Å². The van der Waals surface area contributed by atoms with E-state index < -0.39 is 18.8 Å². The first-order valence-electron chi connectivity index (χ1n) is 8.27. The lowest BCUT2D eigenvalue weighted by molar-refractivity contribution is -0.0919. The van der Waals surface area contributed by atoms with Crippen LogP contribution in [0.5, 0.6) is 0 Å². The van der Waals surface area contributed by atoms with Crippen LogP contribution in [0.15, 0.2) is 34.5 Å². The number of methoxy groups -OCH3 is 1. The van der Waals surface area contributed by atoms with Crippen molar-refractivity contribution in [2.24, 2.45) is 10.3 Å². The Labute approximate surface area is 145 Å². The molecule has 7 nitrogen and oxygen atoms in total. The lowest BCUT2D eigenvalue weighted by Crippen LogP contribution is -2.36. The summed E-state index contributed by atoms with van der Waals surface area (Å²) in [5.74, 6) is 0. The molecule has 2 heterocycles. The van der Waals surface area contributed by atoms with Gasteiger partial charge in [-0.1, -0.05) is 34.5 Å². The number of hydrogen-bond donors (Lipinski definition) is 0. The Balaban J connectivity index is 1.73. The third-order valence-corrected chi connectivity index (χ3v) is 4.78. The van der Waals surface area contributed by atoms with Crippen molar-refractivity contribution in [3.63, 3.8) is 0 Å². The van der Waals surface area contributed by atoms with Gasteiger partial charge in [0.1, 0.15) is 12.3 Å². The van der Waals surface area contributed by atoms with E-state index in [2.05, 4.69) is 15.2 Å². The van der Waals surface area contributed by atoms with Gasteiger partial charge >= 0.3 is 0 Å². The number of nitrogens with zero attached hydrogens (tertiary/aromatic N) is 4. The highest BCUT2D eigenvalue weighted by Crippen LogP contribution is 2.35. The Morgan fingerprint density at radius 3 is 2.68 bits per heavy atom. The van der Waals surface area contributed by atoms with E-state index >= 15 is 0 Å². The van der Waals surface area contributed by atoms with E-state index in [0.717, 1.165) is 36.1 Å². The molecule has 8 heteroatoms. The number of hydrogen-bond acceptors (Lipinski definition) is 5. The molecule has 0 N–H and O–H groups in total. The molecule has 0 unspecified atom stereocenters. The lowest BCUT2D eigenvalue weighted by Gasteiger charge is -2.30. The summed E-state index contributed by atoms with van der Waals surface area (Å²) < 4.78 is 23.8. The van der Waals surface area contributed by atoms with Gasteiger partial charge in [-0.3, -0.25) is 4.39 Å². The standard InChI is InChI=1S/C17H21FN4O3/c1-23-16(15(11-18)20-22-19)13-4-2-12(3-5-13)14-10-17(25-21-14)6-8-24-9-7-17/h2-5,15-16H,6-11H2,1H3/t15-,16-/m1/s1. The van der Waals surface area contributed by atoms with Crippen LogP contribution in [0.2, 0.25) is 0 Å². The van der Waals surface area contributed by atoms with Crippen molar-refractivity contribution in [3.05, 3.63) is 45.8 Å². The van der Waals surface area contributed by atoms with Crippen molar-refractivity contribution in [1.29, 1.82) is 0 Å². The minimum atomic E-state index is -0.890. The summed E-state index contributed by atoms with van der Waals surface area (Å²) >= 11 is 0. The smallest absolute Gasteiger partial charge is 0.147 e. The molecule has 0 aromatic heterocycles. The number of azide groups is 1. The summed E-state index contributed by atoms with van der Waals surface area (Å²) in [6.45, 7) is 0.609. The number of ether oxygens (including phenoxy) is 2. The van der Waals surface area contributed by atoms with Crippen LogP contribution in [0, 0.1) is 0 Å². The number of benzene rings is 1. The molecule has 1 spiro atoms. The zero-order valence-corrected chi connectivity index (χ0v) is 14.1. The molecule has 3 rings (SSSR count). The van der Waals surface area contributed by atoms with Crippen LogP contribution in [-0.2, 0) is 14.3 Å². The van der Waals surface area contributed by atoms with E-state index in [0.29, 0.717) is 13.2 Å². The van der Waals surface area contributed by atoms with E-state index in [-0.39, 0.29) is 5.60 Å². The third-order valence-electron chi connectivity index (χ3n) is 4.78. The fraction of sp³-hybridized carbons (Fsp3) is 0.588. The highest BCUT2D eigenvalue weighted by molar-refractivity contribution is 6.01. The Kier molecular flexibility index (Phi) is 5.53. The first-order valence-corrected chi connectivity index (χ1v) is 8.27. The molecule has 0 radical (unpaired) electrons. The molecular weight excluding hydrogens is 327 g/mol. The van der Waals surface area contributed by atoms with Gasteiger partial charge in [-0.25, -0.2) is 0 Å². The second-order valence-electron chi connectivity index (χ2n) is 6.31. The van der Waals surface area contributed by atoms with Gasteiger partial charge in [-0.2, -0.15) is 0 Å². The van der Waals surface area contributed by atoms with Crippen LogP contribution in [0.3, 0.4) is 0 Å². The van der Waals surface area contributed by atoms with Crippen molar-refractivity contribution in [2.45, 2.75) is 37.0 Å². The molecular formula is C17H21FN4O3. The molecule has 2 aliphatic rings. The SMILES string of the molecule is CO[C@H](c1ccc(C2=NOC3(CCOCC3)C2)cc1)[C@@H](CF)N=[N+]=[N-]. The molecule has 2 atom stereocenters. The highest BCUT2D eigenvalue weighted by atomic mass is 19.1. The predicted molar refractivity (Wildman–Crippen MR) is 90.1 cm³/mol. The second-order valence-corrected chi connectivity index (χ2v) is 6.31. The third kappa shape index (κ3) is 3.76. The summed E-state index contributed by atoms with van der Waals surface area (Å²) in [5, 5.41) is 7.73. The fourth-order valence-electron chi connectivity index (χ4n) is 3.31. The first-order chi connectivity index (χ1) is 12.2. The number of oxime groups is 1. The fourth-order valence-corrected chi connectivity index (χ4v) is 3.31. The zero-order chi connectivity index (χ0) is 17.7. The van der Waals surface area contributed by atoms with Crippen LogP contribution in [0.1, 0.15) is 36.5 Å². The molecule has 25 heavy (non-hydrogen) atoms. The summed E-state index contributed by atoms with van der Waals surface area (Å²) in [4.78, 5) is 8.40. The summed E-state index contributed by atoms with van der Waals surface area (Å²) in [6, 6.07) is 6.62. The molecule has 1 aromatic rings. The van der Waals surface area contributed by atoms with Gasteiger partial charge in [0.2, 0.25) is 0 Å². The van der Waals surface area contributed by atoms with Crippen molar-refractivity contribution < 1.29 is 18.7 Å². The molecule has 2 aliphatic heterocycles. The Morgan fingerprint density at radius 2 is 2.08 bits per heavy atom. The van der Waals surface area contributed by atoms with Gasteiger partial charge in [0.15, 0.2) is 0 Å². The maximum atomic E-state index is 13.1. The summed E-state index contributed by atoms with van der Waals surface area (Å²) in [7, 11) is 1.47. The van der Waals surface area contributed by atoms with Crippen LogP contribution in [0.4, 0.5) is 4.39 Å². The van der Waals surface area contributed by atoms with Crippen LogP contribution in [0.25, 0.3) is 10.4 Å². The number of alkyl halides is 1. The van der Waals surface area contributed by atoms with Gasteiger partial charge in [-0.15, -0.1) is 0 Å². The van der Waals surface area contributed by atoms with Gasteiger partial charge in [-0.05, 0) is 16.7 Å². The Bertz CT molecular complexity index is 667. The van der Waals surface area contributed by atoms with Crippen LogP contribution < -0.4 is 0 Å². The summed E-state index contributed by atoms with van der Waals surface area (Å²) in [5.41, 5.74) is 10.9. The normalized spacial score (nSPS) is 21.1. The Morgan fingerprint density at radius 1 is 1.36 bits per heavy atom. The minimum absolute atomic E-state index is 0.234. The van der Waals surface area contributed by atoms with E-state index in [1.807, 2.05) is 24.3 Å². The van der Waals surface area contributed by atoms with E-state index in [1.54, 1.807) is 0 Å². The average molecular weight is 348 g/mol. The van der Waals surface area contributed by atoms with E-state index in [9.17, 15) is 4.39 Å². The zero-order valence-electron chi connectivity index (χ0n) is 14.1. The van der Waals surface area contributed by atoms with Gasteiger partial charge < -0.3 is 14.3 Å². The monoisotopic (exact) mass is 348 g/mol. The van der Waals surface area contributed by atoms with E-state index in [4.69, 9.17) is 19.8 Å². The molecule has 0 amide bonds. The second kappa shape index (κ2) is 7.82. The van der Waals surface area contributed by atoms with Gasteiger partial charge in [0, 0.05) is 31.3 Å².